The van der Waals surface area contributed by atoms with Crippen LogP contribution < -0.4 is 10.1 Å². The molecule has 162 valence electrons. The minimum absolute atomic E-state index is 0.0543. The molecule has 0 bridgehead atoms. The lowest BCUT2D eigenvalue weighted by molar-refractivity contribution is -0.116. The van der Waals surface area contributed by atoms with E-state index in [0.29, 0.717) is 29.1 Å². The molecule has 2 aromatic rings. The van der Waals surface area contributed by atoms with Crippen molar-refractivity contribution < 1.29 is 14.3 Å². The maximum Gasteiger partial charge on any atom is 0.226 e. The Labute approximate surface area is 182 Å². The Bertz CT molecular complexity index is 840. The molecule has 1 N–H and O–H groups in total. The summed E-state index contributed by atoms with van der Waals surface area (Å²) in [4.78, 5) is 31.5. The van der Waals surface area contributed by atoms with Gasteiger partial charge in [-0.25, -0.2) is 4.98 Å². The zero-order valence-corrected chi connectivity index (χ0v) is 18.8. The third kappa shape index (κ3) is 6.64. The third-order valence-corrected chi connectivity index (χ3v) is 6.00. The van der Waals surface area contributed by atoms with E-state index in [4.69, 9.17) is 4.74 Å². The molecule has 2 atom stereocenters. The Morgan fingerprint density at radius 2 is 1.87 bits per heavy atom. The van der Waals surface area contributed by atoms with Crippen LogP contribution in [0.2, 0.25) is 0 Å². The van der Waals surface area contributed by atoms with Crippen LogP contribution in [0.1, 0.15) is 56.1 Å². The number of benzene rings is 1. The molecule has 1 aromatic carbocycles. The number of ether oxygens (including phenoxy) is 1. The molecule has 0 unspecified atom stereocenters. The predicted molar refractivity (Wildman–Crippen MR) is 120 cm³/mol. The Morgan fingerprint density at radius 3 is 2.53 bits per heavy atom. The number of nitrogens with zero attached hydrogens (tertiary/aromatic N) is 2. The van der Waals surface area contributed by atoms with Gasteiger partial charge in [0.1, 0.15) is 5.75 Å². The van der Waals surface area contributed by atoms with Crippen LogP contribution in [0.15, 0.2) is 29.6 Å². The highest BCUT2D eigenvalue weighted by Crippen LogP contribution is 2.24. The lowest BCUT2D eigenvalue weighted by Gasteiger charge is -2.34. The molecule has 1 saturated heterocycles. The van der Waals surface area contributed by atoms with Gasteiger partial charge in [-0.15, -0.1) is 11.3 Å². The summed E-state index contributed by atoms with van der Waals surface area (Å²) in [7, 11) is 0. The van der Waals surface area contributed by atoms with Crippen molar-refractivity contribution in [3.05, 3.63) is 40.9 Å². The molecule has 1 aliphatic rings. The van der Waals surface area contributed by atoms with E-state index in [1.165, 1.54) is 17.8 Å². The monoisotopic (exact) mass is 429 g/mol. The summed E-state index contributed by atoms with van der Waals surface area (Å²) in [6, 6.07) is 7.02. The number of Topliss-reactive ketones (excluding diaryl/α,β-unsaturated/α-hetero) is 1. The smallest absolute Gasteiger partial charge is 0.226 e. The number of hydrogen-bond acceptors (Lipinski definition) is 6. The van der Waals surface area contributed by atoms with Crippen LogP contribution >= 0.6 is 11.3 Å². The highest BCUT2D eigenvalue weighted by molar-refractivity contribution is 7.13. The number of likely N-dealkylation sites (tertiary alicyclic amines) is 1. The molecule has 1 aromatic heterocycles. The molecule has 6 nitrogen and oxygen atoms in total. The molecule has 1 amide bonds. The van der Waals surface area contributed by atoms with E-state index in [9.17, 15) is 9.59 Å². The van der Waals surface area contributed by atoms with E-state index < -0.39 is 0 Å². The first-order valence-corrected chi connectivity index (χ1v) is 11.5. The number of ketones is 1. The standard InChI is InChI=1S/C23H31N3O3S/c1-4-29-20-7-5-18(6-8-20)21(27)9-10-22(28)25-23-24-19(15-30-23)14-26-12-16(2)11-17(3)13-26/h5-8,15-17H,4,9-14H2,1-3H3,(H,24,25,28)/t16-,17-/m1/s1. The molecule has 0 spiro atoms. The molecular weight excluding hydrogens is 398 g/mol. The van der Waals surface area contributed by atoms with Gasteiger partial charge in [0.05, 0.1) is 12.3 Å². The third-order valence-electron chi connectivity index (χ3n) is 5.19. The summed E-state index contributed by atoms with van der Waals surface area (Å²) in [5, 5.41) is 5.43. The van der Waals surface area contributed by atoms with E-state index in [2.05, 4.69) is 29.0 Å². The normalized spacial score (nSPS) is 19.4. The number of hydrogen-bond donors (Lipinski definition) is 1. The molecule has 1 aliphatic heterocycles. The fourth-order valence-corrected chi connectivity index (χ4v) is 4.76. The van der Waals surface area contributed by atoms with Crippen molar-refractivity contribution in [2.45, 2.75) is 46.6 Å². The van der Waals surface area contributed by atoms with E-state index in [0.717, 1.165) is 31.1 Å². The summed E-state index contributed by atoms with van der Waals surface area (Å²) in [5.74, 6) is 1.91. The Balaban J connectivity index is 1.44. The number of thiazole rings is 1. The Hall–Kier alpha value is -2.25. The van der Waals surface area contributed by atoms with Gasteiger partial charge in [0.2, 0.25) is 5.91 Å². The van der Waals surface area contributed by atoms with E-state index in [1.807, 2.05) is 12.3 Å². The first-order chi connectivity index (χ1) is 14.4. The van der Waals surface area contributed by atoms with E-state index in [-0.39, 0.29) is 24.5 Å². The van der Waals surface area contributed by atoms with E-state index in [1.54, 1.807) is 24.3 Å². The van der Waals surface area contributed by atoms with Crippen molar-refractivity contribution in [2.24, 2.45) is 11.8 Å². The number of anilines is 1. The lowest BCUT2D eigenvalue weighted by Crippen LogP contribution is -2.38. The number of carbonyl (C=O) groups is 2. The number of carbonyl (C=O) groups excluding carboxylic acids is 2. The number of amides is 1. The second-order valence-corrected chi connectivity index (χ2v) is 9.07. The molecule has 30 heavy (non-hydrogen) atoms. The quantitative estimate of drug-likeness (QED) is 0.589. The number of nitrogens with one attached hydrogen (secondary N) is 1. The summed E-state index contributed by atoms with van der Waals surface area (Å²) in [5.41, 5.74) is 1.58. The SMILES string of the molecule is CCOc1ccc(C(=O)CCC(=O)Nc2nc(CN3C[C@H](C)C[C@@H](C)C3)cs2)cc1. The minimum Gasteiger partial charge on any atom is -0.494 e. The average Bonchev–Trinajstić information content (AvgIpc) is 3.12. The highest BCUT2D eigenvalue weighted by atomic mass is 32.1. The van der Waals surface area contributed by atoms with Crippen LogP contribution in [-0.4, -0.2) is 41.3 Å². The van der Waals surface area contributed by atoms with Crippen LogP contribution in [0.25, 0.3) is 0 Å². The van der Waals surface area contributed by atoms with Gasteiger partial charge in [0, 0.05) is 43.4 Å². The van der Waals surface area contributed by atoms with Crippen LogP contribution in [0, 0.1) is 11.8 Å². The zero-order valence-electron chi connectivity index (χ0n) is 18.0. The summed E-state index contributed by atoms with van der Waals surface area (Å²) < 4.78 is 5.38. The van der Waals surface area contributed by atoms with Crippen LogP contribution in [-0.2, 0) is 11.3 Å². The average molecular weight is 430 g/mol. The fraction of sp³-hybridized carbons (Fsp3) is 0.522. The van der Waals surface area contributed by atoms with Gasteiger partial charge >= 0.3 is 0 Å². The van der Waals surface area contributed by atoms with Gasteiger partial charge in [-0.1, -0.05) is 13.8 Å². The largest absolute Gasteiger partial charge is 0.494 e. The van der Waals surface area contributed by atoms with Crippen molar-refractivity contribution >= 4 is 28.2 Å². The van der Waals surface area contributed by atoms with Crippen molar-refractivity contribution in [1.82, 2.24) is 9.88 Å². The van der Waals surface area contributed by atoms with Crippen molar-refractivity contribution in [1.29, 1.82) is 0 Å². The van der Waals surface area contributed by atoms with Gasteiger partial charge in [-0.05, 0) is 49.4 Å². The molecular formula is C23H31N3O3S. The second kappa shape index (κ2) is 10.7. The van der Waals surface area contributed by atoms with Crippen LogP contribution in [0.4, 0.5) is 5.13 Å². The fourth-order valence-electron chi connectivity index (χ4n) is 4.04. The van der Waals surface area contributed by atoms with Gasteiger partial charge in [0.25, 0.3) is 0 Å². The first kappa shape index (κ1) is 22.4. The number of aromatic nitrogens is 1. The number of rotatable bonds is 9. The molecule has 3 rings (SSSR count). The van der Waals surface area contributed by atoms with Crippen LogP contribution in [0.5, 0.6) is 5.75 Å². The molecule has 0 aliphatic carbocycles. The van der Waals surface area contributed by atoms with E-state index >= 15 is 0 Å². The minimum atomic E-state index is -0.185. The lowest BCUT2D eigenvalue weighted by atomic mass is 9.92. The Morgan fingerprint density at radius 1 is 1.17 bits per heavy atom. The molecule has 2 heterocycles. The topological polar surface area (TPSA) is 71.5 Å². The summed E-state index contributed by atoms with van der Waals surface area (Å²) in [6.45, 7) is 10.1. The van der Waals surface area contributed by atoms with Crippen molar-refractivity contribution in [3.8, 4) is 5.75 Å². The second-order valence-electron chi connectivity index (χ2n) is 8.21. The molecule has 0 saturated carbocycles. The number of piperidine rings is 1. The molecule has 0 radical (unpaired) electrons. The van der Waals surface area contributed by atoms with Crippen LogP contribution in [0.3, 0.4) is 0 Å². The van der Waals surface area contributed by atoms with Crippen molar-refractivity contribution in [3.63, 3.8) is 0 Å². The summed E-state index contributed by atoms with van der Waals surface area (Å²) in [6.07, 6.45) is 1.59. The maximum absolute atomic E-state index is 12.3. The Kier molecular flexibility index (Phi) is 7.99. The highest BCUT2D eigenvalue weighted by Gasteiger charge is 2.22. The molecule has 7 heteroatoms. The van der Waals surface area contributed by atoms with Gasteiger partial charge in [-0.3, -0.25) is 14.5 Å². The zero-order chi connectivity index (χ0) is 21.5. The molecule has 1 fully saturated rings. The van der Waals surface area contributed by atoms with Crippen molar-refractivity contribution in [2.75, 3.05) is 25.0 Å². The van der Waals surface area contributed by atoms with Gasteiger partial charge in [0.15, 0.2) is 10.9 Å². The van der Waals surface area contributed by atoms with Gasteiger partial charge < -0.3 is 10.1 Å². The summed E-state index contributed by atoms with van der Waals surface area (Å²) >= 11 is 1.44. The first-order valence-electron chi connectivity index (χ1n) is 10.7. The predicted octanol–water partition coefficient (Wildman–Crippen LogP) is 4.62. The maximum atomic E-state index is 12.3. The van der Waals surface area contributed by atoms with Gasteiger partial charge in [-0.2, -0.15) is 0 Å².